The Morgan fingerprint density at radius 3 is 2.38 bits per heavy atom. The Labute approximate surface area is 120 Å². The Morgan fingerprint density at radius 1 is 1.19 bits per heavy atom. The van der Waals surface area contributed by atoms with Crippen LogP contribution in [0.4, 0.5) is 19.3 Å². The van der Waals surface area contributed by atoms with E-state index >= 15 is 0 Å². The molecule has 1 aliphatic carbocycles. The van der Waals surface area contributed by atoms with Gasteiger partial charge in [0, 0.05) is 18.2 Å². The van der Waals surface area contributed by atoms with Crippen molar-refractivity contribution in [3.63, 3.8) is 0 Å². The molecule has 0 spiro atoms. The fourth-order valence-corrected chi connectivity index (χ4v) is 2.52. The number of amides is 1. The monoisotopic (exact) mass is 295 g/mol. The summed E-state index contributed by atoms with van der Waals surface area (Å²) in [4.78, 5) is 10.5. The number of hydrogen-bond donors (Lipinski definition) is 3. The number of anilines is 1. The van der Waals surface area contributed by atoms with E-state index in [0.29, 0.717) is 25.7 Å². The van der Waals surface area contributed by atoms with Gasteiger partial charge in [0.2, 0.25) is 0 Å². The van der Waals surface area contributed by atoms with Gasteiger partial charge in [-0.15, -0.1) is 0 Å². The lowest BCUT2D eigenvalue weighted by atomic mass is 9.91. The Hall–Kier alpha value is -2.36. The fraction of sp³-hybridized carbons (Fsp3) is 0.429. The number of carboxylic acid groups (broad SMARTS) is 1. The van der Waals surface area contributed by atoms with Crippen molar-refractivity contribution in [3.05, 3.63) is 29.3 Å². The number of halogens is 2. The number of benzene rings is 1. The average Bonchev–Trinajstić information content (AvgIpc) is 2.44. The third kappa shape index (κ3) is 3.81. The smallest absolute Gasteiger partial charge is 0.404 e. The van der Waals surface area contributed by atoms with E-state index in [1.807, 2.05) is 0 Å². The number of nitrogens with one attached hydrogen (secondary N) is 2. The Kier molecular flexibility index (Phi) is 4.58. The number of hydrogen-bond acceptors (Lipinski definition) is 3. The zero-order valence-corrected chi connectivity index (χ0v) is 11.2. The minimum Gasteiger partial charge on any atom is -0.465 e. The third-order valence-electron chi connectivity index (χ3n) is 3.59. The summed E-state index contributed by atoms with van der Waals surface area (Å²) in [6.07, 6.45) is 1.55. The van der Waals surface area contributed by atoms with Gasteiger partial charge in [-0.25, -0.2) is 13.6 Å². The zero-order chi connectivity index (χ0) is 15.4. The van der Waals surface area contributed by atoms with Gasteiger partial charge in [0.25, 0.3) is 0 Å². The summed E-state index contributed by atoms with van der Waals surface area (Å²) in [5.74, 6) is -1.43. The van der Waals surface area contributed by atoms with Crippen LogP contribution >= 0.6 is 0 Å². The normalized spacial score (nSPS) is 21.4. The first-order chi connectivity index (χ1) is 9.99. The molecule has 0 aromatic heterocycles. The van der Waals surface area contributed by atoms with E-state index in [4.69, 9.17) is 10.4 Å². The highest BCUT2D eigenvalue weighted by Gasteiger charge is 2.23. The van der Waals surface area contributed by atoms with Crippen molar-refractivity contribution in [3.8, 4) is 6.07 Å². The molecule has 112 valence electrons. The van der Waals surface area contributed by atoms with Crippen molar-refractivity contribution < 1.29 is 18.7 Å². The summed E-state index contributed by atoms with van der Waals surface area (Å²) in [6, 6.07) is 3.30. The van der Waals surface area contributed by atoms with Gasteiger partial charge in [-0.05, 0) is 31.7 Å². The molecule has 0 saturated heterocycles. The molecule has 0 radical (unpaired) electrons. The molecular weight excluding hydrogens is 280 g/mol. The van der Waals surface area contributed by atoms with E-state index < -0.39 is 17.7 Å². The minimum atomic E-state index is -1.05. The van der Waals surface area contributed by atoms with Crippen LogP contribution in [0, 0.1) is 23.0 Å². The number of rotatable bonds is 3. The van der Waals surface area contributed by atoms with Gasteiger partial charge in [0.1, 0.15) is 17.7 Å². The molecule has 1 saturated carbocycles. The highest BCUT2D eigenvalue weighted by atomic mass is 19.1. The van der Waals surface area contributed by atoms with Gasteiger partial charge >= 0.3 is 6.09 Å². The summed E-state index contributed by atoms with van der Waals surface area (Å²) in [5, 5.41) is 22.6. The van der Waals surface area contributed by atoms with E-state index in [2.05, 4.69) is 10.6 Å². The largest absolute Gasteiger partial charge is 0.465 e. The summed E-state index contributed by atoms with van der Waals surface area (Å²) in [7, 11) is 0. The van der Waals surface area contributed by atoms with E-state index in [1.165, 1.54) is 0 Å². The summed E-state index contributed by atoms with van der Waals surface area (Å²) in [6.45, 7) is 0. The molecule has 1 aliphatic rings. The van der Waals surface area contributed by atoms with E-state index in [9.17, 15) is 13.6 Å². The van der Waals surface area contributed by atoms with E-state index in [-0.39, 0.29) is 23.3 Å². The van der Waals surface area contributed by atoms with Crippen molar-refractivity contribution in [1.82, 2.24) is 5.32 Å². The number of nitrogens with zero attached hydrogens (tertiary/aromatic N) is 1. The molecule has 1 fully saturated rings. The predicted molar refractivity (Wildman–Crippen MR) is 71.9 cm³/mol. The maximum Gasteiger partial charge on any atom is 0.404 e. The minimum absolute atomic E-state index is 0.0288. The van der Waals surface area contributed by atoms with E-state index in [1.54, 1.807) is 6.07 Å². The maximum atomic E-state index is 13.8. The summed E-state index contributed by atoms with van der Waals surface area (Å²) in [5.41, 5.74) is -0.298. The molecule has 1 aromatic rings. The molecule has 0 aliphatic heterocycles. The SMILES string of the molecule is N#Cc1cc(F)c(NC2CCC(NC(=O)O)CC2)cc1F. The molecule has 21 heavy (non-hydrogen) atoms. The summed E-state index contributed by atoms with van der Waals surface area (Å²) >= 11 is 0. The highest BCUT2D eigenvalue weighted by molar-refractivity contribution is 5.64. The Morgan fingerprint density at radius 2 is 1.81 bits per heavy atom. The van der Waals surface area contributed by atoms with Gasteiger partial charge in [-0.3, -0.25) is 0 Å². The molecular formula is C14H15F2N3O2. The lowest BCUT2D eigenvalue weighted by Gasteiger charge is -2.29. The Bertz CT molecular complexity index is 578. The number of nitriles is 1. The molecule has 0 unspecified atom stereocenters. The van der Waals surface area contributed by atoms with Crippen molar-refractivity contribution in [2.75, 3.05) is 5.32 Å². The second-order valence-corrected chi connectivity index (χ2v) is 5.07. The number of carbonyl (C=O) groups is 1. The van der Waals surface area contributed by atoms with Crippen LogP contribution < -0.4 is 10.6 Å². The first-order valence-electron chi connectivity index (χ1n) is 6.64. The molecule has 5 nitrogen and oxygen atoms in total. The lowest BCUT2D eigenvalue weighted by molar-refractivity contribution is 0.185. The van der Waals surface area contributed by atoms with Crippen LogP contribution in [-0.2, 0) is 0 Å². The second-order valence-electron chi connectivity index (χ2n) is 5.07. The van der Waals surface area contributed by atoms with Crippen molar-refractivity contribution in [2.24, 2.45) is 0 Å². The molecule has 0 bridgehead atoms. The van der Waals surface area contributed by atoms with Gasteiger partial charge in [-0.2, -0.15) is 5.26 Å². The molecule has 3 N–H and O–H groups in total. The molecule has 1 amide bonds. The predicted octanol–water partition coefficient (Wildman–Crippen LogP) is 2.83. The van der Waals surface area contributed by atoms with Gasteiger partial charge < -0.3 is 15.7 Å². The van der Waals surface area contributed by atoms with Crippen LogP contribution in [-0.4, -0.2) is 23.3 Å². The van der Waals surface area contributed by atoms with Crippen molar-refractivity contribution >= 4 is 11.8 Å². The third-order valence-corrected chi connectivity index (χ3v) is 3.59. The van der Waals surface area contributed by atoms with Crippen LogP contribution in [0.3, 0.4) is 0 Å². The molecule has 0 heterocycles. The van der Waals surface area contributed by atoms with Crippen LogP contribution in [0.15, 0.2) is 12.1 Å². The molecule has 1 aromatic carbocycles. The second kappa shape index (κ2) is 6.39. The van der Waals surface area contributed by atoms with Crippen molar-refractivity contribution in [2.45, 2.75) is 37.8 Å². The van der Waals surface area contributed by atoms with Crippen LogP contribution in [0.5, 0.6) is 0 Å². The molecule has 0 atom stereocenters. The molecule has 2 rings (SSSR count). The highest BCUT2D eigenvalue weighted by Crippen LogP contribution is 2.25. The average molecular weight is 295 g/mol. The van der Waals surface area contributed by atoms with Gasteiger partial charge in [-0.1, -0.05) is 0 Å². The first-order valence-corrected chi connectivity index (χ1v) is 6.64. The van der Waals surface area contributed by atoms with E-state index in [0.717, 1.165) is 12.1 Å². The summed E-state index contributed by atoms with van der Waals surface area (Å²) < 4.78 is 27.2. The zero-order valence-electron chi connectivity index (χ0n) is 11.2. The quantitative estimate of drug-likeness (QED) is 0.800. The van der Waals surface area contributed by atoms with Gasteiger partial charge in [0.05, 0.1) is 11.3 Å². The Balaban J connectivity index is 1.96. The van der Waals surface area contributed by atoms with Crippen LogP contribution in [0.25, 0.3) is 0 Å². The van der Waals surface area contributed by atoms with Crippen molar-refractivity contribution in [1.29, 1.82) is 5.26 Å². The lowest BCUT2D eigenvalue weighted by Crippen LogP contribution is -2.39. The maximum absolute atomic E-state index is 13.8. The standard InChI is InChI=1S/C14H15F2N3O2/c15-11-6-13(12(16)5-8(11)7-17)18-9-1-3-10(4-2-9)19-14(20)21/h5-6,9-10,18-19H,1-4H2,(H,20,21). The van der Waals surface area contributed by atoms with Crippen LogP contribution in [0.2, 0.25) is 0 Å². The first kappa shape index (κ1) is 15.0. The molecule has 7 heteroatoms. The van der Waals surface area contributed by atoms with Gasteiger partial charge in [0.15, 0.2) is 0 Å². The fourth-order valence-electron chi connectivity index (χ4n) is 2.52. The topological polar surface area (TPSA) is 85.2 Å². The van der Waals surface area contributed by atoms with Crippen LogP contribution in [0.1, 0.15) is 31.2 Å².